The molecule has 0 bridgehead atoms. The van der Waals surface area contributed by atoms with Crippen LogP contribution in [0, 0.1) is 0 Å². The van der Waals surface area contributed by atoms with Crippen LogP contribution in [0.25, 0.3) is 0 Å². The highest BCUT2D eigenvalue weighted by atomic mass is 16.4. The van der Waals surface area contributed by atoms with Gasteiger partial charge in [-0.05, 0) is 30.5 Å². The number of aliphatic hydroxyl groups excluding tert-OH is 1. The minimum Gasteiger partial charge on any atom is -0.465 e. The Kier molecular flexibility index (Phi) is 4.56. The van der Waals surface area contributed by atoms with Gasteiger partial charge in [0.2, 0.25) is 0 Å². The summed E-state index contributed by atoms with van der Waals surface area (Å²) in [7, 11) is 0. The Labute approximate surface area is 87.8 Å². The summed E-state index contributed by atoms with van der Waals surface area (Å²) in [5, 5.41) is 19.7. The number of carboxylic acid groups (broad SMARTS) is 1. The number of rotatable bonds is 5. The smallest absolute Gasteiger partial charge is 0.404 e. The number of hydrogen-bond acceptors (Lipinski definition) is 3. The highest BCUT2D eigenvalue weighted by Crippen LogP contribution is 2.04. The monoisotopic (exact) mass is 210 g/mol. The summed E-state index contributed by atoms with van der Waals surface area (Å²) >= 11 is 0. The molecule has 3 N–H and O–H groups in total. The zero-order valence-corrected chi connectivity index (χ0v) is 8.26. The first kappa shape index (κ1) is 11.5. The zero-order valence-electron chi connectivity index (χ0n) is 8.26. The molecule has 0 fully saturated rings. The lowest BCUT2D eigenvalue weighted by atomic mass is 10.1. The maximum Gasteiger partial charge on any atom is 0.404 e. The van der Waals surface area contributed by atoms with Crippen molar-refractivity contribution in [2.75, 3.05) is 6.61 Å². The van der Waals surface area contributed by atoms with E-state index >= 15 is 0 Å². The minimum atomic E-state index is -1.07. The van der Waals surface area contributed by atoms with Crippen LogP contribution in [-0.4, -0.2) is 33.9 Å². The van der Waals surface area contributed by atoms with E-state index in [1.165, 1.54) is 0 Å². The van der Waals surface area contributed by atoms with Crippen LogP contribution in [0.15, 0.2) is 24.5 Å². The number of carbonyl (C=O) groups is 1. The van der Waals surface area contributed by atoms with Gasteiger partial charge in [-0.15, -0.1) is 0 Å². The van der Waals surface area contributed by atoms with Crippen molar-refractivity contribution in [1.82, 2.24) is 10.3 Å². The lowest BCUT2D eigenvalue weighted by molar-refractivity contribution is 0.185. The van der Waals surface area contributed by atoms with Gasteiger partial charge < -0.3 is 15.5 Å². The summed E-state index contributed by atoms with van der Waals surface area (Å²) in [6.07, 6.45) is 3.23. The van der Waals surface area contributed by atoms with Crippen molar-refractivity contribution in [3.8, 4) is 0 Å². The van der Waals surface area contributed by atoms with E-state index in [9.17, 15) is 4.79 Å². The van der Waals surface area contributed by atoms with E-state index in [2.05, 4.69) is 10.3 Å². The number of nitrogens with zero attached hydrogens (tertiary/aromatic N) is 1. The molecule has 0 aliphatic rings. The molecule has 1 aromatic heterocycles. The predicted molar refractivity (Wildman–Crippen MR) is 54.6 cm³/mol. The Hall–Kier alpha value is -1.62. The van der Waals surface area contributed by atoms with Crippen LogP contribution in [0.3, 0.4) is 0 Å². The molecule has 82 valence electrons. The molecule has 0 saturated heterocycles. The second-order valence-corrected chi connectivity index (χ2v) is 3.22. The van der Waals surface area contributed by atoms with Gasteiger partial charge in [-0.25, -0.2) is 4.79 Å². The maximum absolute atomic E-state index is 10.5. The summed E-state index contributed by atoms with van der Waals surface area (Å²) < 4.78 is 0. The topological polar surface area (TPSA) is 82.5 Å². The molecule has 5 heteroatoms. The number of hydrogen-bond donors (Lipinski definition) is 3. The molecular weight excluding hydrogens is 196 g/mol. The van der Waals surface area contributed by atoms with Crippen molar-refractivity contribution in [1.29, 1.82) is 0 Å². The number of pyridine rings is 1. The van der Waals surface area contributed by atoms with E-state index in [1.54, 1.807) is 12.4 Å². The van der Waals surface area contributed by atoms with Crippen LogP contribution in [-0.2, 0) is 6.42 Å². The lowest BCUT2D eigenvalue weighted by Gasteiger charge is -2.15. The molecule has 0 aromatic carbocycles. The first-order valence-electron chi connectivity index (χ1n) is 4.71. The fourth-order valence-electron chi connectivity index (χ4n) is 1.36. The second-order valence-electron chi connectivity index (χ2n) is 3.22. The van der Waals surface area contributed by atoms with Crippen LogP contribution < -0.4 is 5.32 Å². The van der Waals surface area contributed by atoms with E-state index in [0.29, 0.717) is 12.8 Å². The molecule has 1 amide bonds. The molecule has 1 rings (SSSR count). The van der Waals surface area contributed by atoms with Gasteiger partial charge in [-0.1, -0.05) is 0 Å². The van der Waals surface area contributed by atoms with Gasteiger partial charge >= 0.3 is 6.09 Å². The summed E-state index contributed by atoms with van der Waals surface area (Å²) in [5.74, 6) is 0. The van der Waals surface area contributed by atoms with Gasteiger partial charge in [-0.2, -0.15) is 0 Å². The zero-order chi connectivity index (χ0) is 11.1. The number of nitrogens with one attached hydrogen (secondary N) is 1. The van der Waals surface area contributed by atoms with Gasteiger partial charge in [-0.3, -0.25) is 4.98 Å². The van der Waals surface area contributed by atoms with Gasteiger partial charge in [0, 0.05) is 25.0 Å². The molecule has 0 aliphatic carbocycles. The van der Waals surface area contributed by atoms with E-state index in [1.807, 2.05) is 12.1 Å². The molecule has 1 heterocycles. The highest BCUT2D eigenvalue weighted by Gasteiger charge is 2.11. The molecule has 15 heavy (non-hydrogen) atoms. The van der Waals surface area contributed by atoms with Crippen molar-refractivity contribution in [2.45, 2.75) is 18.9 Å². The summed E-state index contributed by atoms with van der Waals surface area (Å²) in [4.78, 5) is 14.3. The summed E-state index contributed by atoms with van der Waals surface area (Å²) in [5.41, 5.74) is 0.997. The van der Waals surface area contributed by atoms with Crippen LogP contribution in [0.4, 0.5) is 4.79 Å². The van der Waals surface area contributed by atoms with Crippen LogP contribution in [0.5, 0.6) is 0 Å². The fraction of sp³-hybridized carbons (Fsp3) is 0.400. The minimum absolute atomic E-state index is 0.0317. The average molecular weight is 210 g/mol. The molecule has 0 aliphatic heterocycles. The van der Waals surface area contributed by atoms with Crippen molar-refractivity contribution < 1.29 is 15.0 Å². The number of amides is 1. The molecule has 0 spiro atoms. The van der Waals surface area contributed by atoms with Gasteiger partial charge in [0.25, 0.3) is 0 Å². The molecule has 0 radical (unpaired) electrons. The molecular formula is C10H14N2O3. The van der Waals surface area contributed by atoms with E-state index in [4.69, 9.17) is 10.2 Å². The standard InChI is InChI=1S/C10H14N2O3/c13-6-3-9(12-10(14)15)7-8-1-4-11-5-2-8/h1-2,4-5,9,12-13H,3,6-7H2,(H,14,15). The normalized spacial score (nSPS) is 12.1. The summed E-state index contributed by atoms with van der Waals surface area (Å²) in [6, 6.07) is 3.40. The quantitative estimate of drug-likeness (QED) is 0.666. The van der Waals surface area contributed by atoms with Crippen LogP contribution in [0.2, 0.25) is 0 Å². The Morgan fingerprint density at radius 3 is 2.67 bits per heavy atom. The van der Waals surface area contributed by atoms with Crippen molar-refractivity contribution in [3.05, 3.63) is 30.1 Å². The van der Waals surface area contributed by atoms with Crippen molar-refractivity contribution in [3.63, 3.8) is 0 Å². The third-order valence-corrected chi connectivity index (χ3v) is 2.04. The first-order valence-corrected chi connectivity index (χ1v) is 4.71. The van der Waals surface area contributed by atoms with Crippen molar-refractivity contribution in [2.24, 2.45) is 0 Å². The lowest BCUT2D eigenvalue weighted by Crippen LogP contribution is -2.36. The van der Waals surface area contributed by atoms with Crippen LogP contribution in [0.1, 0.15) is 12.0 Å². The predicted octanol–water partition coefficient (Wildman–Crippen LogP) is 0.643. The first-order chi connectivity index (χ1) is 7.22. The van der Waals surface area contributed by atoms with Gasteiger partial charge in [0.15, 0.2) is 0 Å². The second kappa shape index (κ2) is 5.98. The largest absolute Gasteiger partial charge is 0.465 e. The van der Waals surface area contributed by atoms with E-state index < -0.39 is 6.09 Å². The average Bonchev–Trinajstić information content (AvgIpc) is 2.18. The molecule has 5 nitrogen and oxygen atoms in total. The molecule has 1 atom stereocenters. The number of aliphatic hydroxyl groups is 1. The third-order valence-electron chi connectivity index (χ3n) is 2.04. The van der Waals surface area contributed by atoms with Crippen LogP contribution >= 0.6 is 0 Å². The Balaban J connectivity index is 2.54. The van der Waals surface area contributed by atoms with E-state index in [-0.39, 0.29) is 12.6 Å². The Morgan fingerprint density at radius 1 is 1.47 bits per heavy atom. The maximum atomic E-state index is 10.5. The van der Waals surface area contributed by atoms with Crippen molar-refractivity contribution >= 4 is 6.09 Å². The van der Waals surface area contributed by atoms with E-state index in [0.717, 1.165) is 5.56 Å². The highest BCUT2D eigenvalue weighted by molar-refractivity contribution is 5.64. The molecule has 1 unspecified atom stereocenters. The third kappa shape index (κ3) is 4.42. The number of aromatic nitrogens is 1. The Morgan fingerprint density at radius 2 is 2.13 bits per heavy atom. The van der Waals surface area contributed by atoms with Gasteiger partial charge in [0.1, 0.15) is 0 Å². The SMILES string of the molecule is O=C(O)NC(CCO)Cc1ccncc1. The summed E-state index contributed by atoms with van der Waals surface area (Å²) in [6.45, 7) is -0.0317. The van der Waals surface area contributed by atoms with Gasteiger partial charge in [0.05, 0.1) is 0 Å². The fourth-order valence-corrected chi connectivity index (χ4v) is 1.36. The Bertz CT molecular complexity index is 303. The molecule has 1 aromatic rings. The molecule has 0 saturated carbocycles.